The molecule has 2 aliphatic heterocycles. The number of aryl methyl sites for hydroxylation is 2. The van der Waals surface area contributed by atoms with Gasteiger partial charge in [-0.05, 0) is 156 Å². The van der Waals surface area contributed by atoms with E-state index < -0.39 is 31.9 Å². The number of pyridine rings is 2. The molecule has 0 spiro atoms. The maximum atomic E-state index is 13.4. The second-order valence-electron chi connectivity index (χ2n) is 24.4. The van der Waals surface area contributed by atoms with E-state index in [1.807, 2.05) is 0 Å². The van der Waals surface area contributed by atoms with Crippen molar-refractivity contribution in [1.82, 2.24) is 58.5 Å². The fraction of sp³-hybridized carbons (Fsp3) is 0.564. The lowest BCUT2D eigenvalue weighted by atomic mass is 9.89. The van der Waals surface area contributed by atoms with Gasteiger partial charge in [0.25, 0.3) is 31.9 Å². The highest BCUT2D eigenvalue weighted by molar-refractivity contribution is 7.90. The van der Waals surface area contributed by atoms with Gasteiger partial charge in [0.1, 0.15) is 20.8 Å². The number of nitrogens with one attached hydrogen (secondary N) is 2. The lowest BCUT2D eigenvalue weighted by Crippen LogP contribution is -2.41. The molecule has 79 heavy (non-hydrogen) atoms. The summed E-state index contributed by atoms with van der Waals surface area (Å²) in [4.78, 5) is 37.4. The van der Waals surface area contributed by atoms with Crippen LogP contribution in [0, 0.1) is 28.1 Å². The number of rotatable bonds is 17. The third kappa shape index (κ3) is 13.6. The summed E-state index contributed by atoms with van der Waals surface area (Å²) in [6.45, 7) is 16.6. The third-order valence-corrected chi connectivity index (χ3v) is 19.3. The minimum absolute atomic E-state index is 0.0394. The van der Waals surface area contributed by atoms with Crippen molar-refractivity contribution in [2.24, 2.45) is 28.1 Å². The Kier molecular flexibility index (Phi) is 15.6. The van der Waals surface area contributed by atoms with Crippen LogP contribution in [-0.4, -0.2) is 103 Å². The van der Waals surface area contributed by atoms with Gasteiger partial charge in [-0.3, -0.25) is 19.0 Å². The van der Waals surface area contributed by atoms with E-state index in [1.165, 1.54) is 80.5 Å². The summed E-state index contributed by atoms with van der Waals surface area (Å²) >= 11 is 6.27. The Labute approximate surface area is 467 Å². The minimum atomic E-state index is -4.14. The van der Waals surface area contributed by atoms with Crippen molar-refractivity contribution < 1.29 is 35.9 Å². The van der Waals surface area contributed by atoms with E-state index in [2.05, 4.69) is 81.3 Å². The zero-order valence-corrected chi connectivity index (χ0v) is 48.3. The lowest BCUT2D eigenvalue weighted by Gasteiger charge is -2.34. The van der Waals surface area contributed by atoms with E-state index in [0.29, 0.717) is 90.1 Å². The Morgan fingerprint density at radius 3 is 2.11 bits per heavy atom. The van der Waals surface area contributed by atoms with Crippen LogP contribution in [-0.2, 0) is 33.1 Å². The average Bonchev–Trinajstić information content (AvgIpc) is 3.89. The first-order valence-electron chi connectivity index (χ1n) is 27.5. The predicted octanol–water partition coefficient (Wildman–Crippen LogP) is 8.96. The van der Waals surface area contributed by atoms with Crippen molar-refractivity contribution in [2.45, 2.75) is 160 Å². The van der Waals surface area contributed by atoms with Crippen LogP contribution in [0.3, 0.4) is 0 Å². The molecule has 2 amide bonds. The molecular weight excluding hydrogens is 1070 g/mol. The zero-order chi connectivity index (χ0) is 56.0. The number of hydrogen-bond donors (Lipinski definition) is 2. The van der Waals surface area contributed by atoms with Crippen LogP contribution >= 0.6 is 11.6 Å². The first kappa shape index (κ1) is 56.0. The molecule has 3 saturated carbocycles. The van der Waals surface area contributed by atoms with Gasteiger partial charge in [0.05, 0.1) is 36.7 Å². The summed E-state index contributed by atoms with van der Waals surface area (Å²) in [5.41, 5.74) is 1.07. The third-order valence-electron chi connectivity index (χ3n) is 16.5. The Balaban J connectivity index is 0.000000178. The number of fused-ring (bicyclic) bond motifs is 6. The maximum Gasteiger partial charge on any atom is 0.268 e. The van der Waals surface area contributed by atoms with Crippen LogP contribution in [0.5, 0.6) is 11.8 Å². The average molecular weight is 1140 g/mol. The van der Waals surface area contributed by atoms with Crippen molar-refractivity contribution >= 4 is 49.3 Å². The number of carbonyl (C=O) groups is 2. The number of sulfonamides is 2. The maximum absolute atomic E-state index is 13.4. The zero-order valence-electron chi connectivity index (χ0n) is 45.9. The summed E-state index contributed by atoms with van der Waals surface area (Å²) in [7, 11) is -8.24. The van der Waals surface area contributed by atoms with Gasteiger partial charge in [-0.15, -0.1) is 10.2 Å². The van der Waals surface area contributed by atoms with Crippen LogP contribution in [0.15, 0.2) is 83.4 Å². The number of anilines is 1. The first-order chi connectivity index (χ1) is 37.4. The molecule has 2 unspecified atom stereocenters. The molecule has 6 aromatic rings. The van der Waals surface area contributed by atoms with Crippen LogP contribution < -0.4 is 23.8 Å². The molecule has 4 bridgehead atoms. The van der Waals surface area contributed by atoms with Crippen LogP contribution in [0.25, 0.3) is 11.6 Å². The topological polar surface area (TPSA) is 245 Å². The number of amides is 2. The Morgan fingerprint density at radius 2 is 1.48 bits per heavy atom. The highest BCUT2D eigenvalue weighted by Crippen LogP contribution is 2.49. The van der Waals surface area contributed by atoms with E-state index in [1.54, 1.807) is 56.8 Å². The molecule has 0 aromatic carbocycles. The van der Waals surface area contributed by atoms with Gasteiger partial charge < -0.3 is 14.4 Å². The smallest absolute Gasteiger partial charge is 0.268 e. The number of aromatic nitrogens is 10. The molecule has 1 saturated heterocycles. The molecule has 24 heteroatoms. The number of ether oxygens (including phenoxy) is 2. The van der Waals surface area contributed by atoms with Crippen molar-refractivity contribution in [3.05, 3.63) is 89.9 Å². The predicted molar refractivity (Wildman–Crippen MR) is 296 cm³/mol. The Bertz CT molecular complexity index is 3430. The second-order valence-corrected chi connectivity index (χ2v) is 28.1. The first-order valence-corrected chi connectivity index (χ1v) is 30.8. The molecule has 4 fully saturated rings. The van der Waals surface area contributed by atoms with E-state index in [9.17, 15) is 26.4 Å². The molecule has 8 heterocycles. The van der Waals surface area contributed by atoms with Gasteiger partial charge in [0.15, 0.2) is 11.6 Å². The van der Waals surface area contributed by atoms with Crippen molar-refractivity contribution in [3.8, 4) is 23.4 Å². The molecule has 6 aromatic heterocycles. The minimum Gasteiger partial charge on any atom is -0.477 e. The van der Waals surface area contributed by atoms with Crippen molar-refractivity contribution in [1.29, 1.82) is 0 Å². The van der Waals surface area contributed by atoms with Gasteiger partial charge >= 0.3 is 0 Å². The summed E-state index contributed by atoms with van der Waals surface area (Å²) in [5, 5.41) is 17.1. The fourth-order valence-electron chi connectivity index (χ4n) is 11.0. The number of nitrogens with zero attached hydrogens (tertiary/aromatic N) is 11. The standard InChI is InChI=1S/C28H37ClN6O4S.C27H35N7O4S/c1-27(2)10-8-20(17-27)5-4-14-34-19-21(18-30-34)40(37,38)33-26(36)22-6-7-23(31-25(22)29)35-15-9-24(32-35)39-16-13-28(3)11-12-28;1-26(2)15-19-5-4-12-32-18-20(16-28-32)39(36,37)31-25(35)21-6-7-22(29-24(21)33(26)17-19)34-13-8-23(30-34)38-14-11-27(3)9-10-27/h6-7,9,15,18-20H,4-5,8,10-14,16-17H2,1-3H3,(H,33,36);6-8,13,16,18-19H,4-5,9-12,14-15,17H2,1-3H3,(H,31,35). The van der Waals surface area contributed by atoms with Crippen molar-refractivity contribution in [3.63, 3.8) is 0 Å². The monoisotopic (exact) mass is 1140 g/mol. The van der Waals surface area contributed by atoms with Gasteiger partial charge in [0.2, 0.25) is 11.8 Å². The van der Waals surface area contributed by atoms with E-state index in [-0.39, 0.29) is 31.6 Å². The number of hydrogen-bond acceptors (Lipinski definition) is 15. The molecule has 0 radical (unpaired) electrons. The van der Waals surface area contributed by atoms with Crippen LogP contribution in [0.1, 0.15) is 152 Å². The van der Waals surface area contributed by atoms with Gasteiger partial charge in [0, 0.05) is 62.1 Å². The Morgan fingerprint density at radius 1 is 0.823 bits per heavy atom. The SMILES string of the molecule is CC1(C)CCC(CCCn2cc(S(=O)(=O)NC(=O)c3ccc(-n4ccc(OCCC5(C)CC5)n4)nc3Cl)cn2)C1.CC1(CCOc2ccn(-c3ccc4c(n3)N3CC(CCCn5cc(cn5)S(=O)(=O)NC4=O)CC3(C)C)n2)CC1. The highest BCUT2D eigenvalue weighted by Gasteiger charge is 2.42. The van der Waals surface area contributed by atoms with E-state index in [4.69, 9.17) is 26.1 Å². The normalized spacial score (nSPS) is 21.2. The molecule has 11 rings (SSSR count). The largest absolute Gasteiger partial charge is 0.477 e. The Hall–Kier alpha value is -6.33. The van der Waals surface area contributed by atoms with E-state index in [0.717, 1.165) is 44.9 Å². The molecule has 3 aliphatic carbocycles. The number of carbonyl (C=O) groups excluding carboxylic acids is 2. The molecule has 424 valence electrons. The van der Waals surface area contributed by atoms with Crippen LogP contribution in [0.4, 0.5) is 5.82 Å². The molecule has 2 N–H and O–H groups in total. The van der Waals surface area contributed by atoms with Gasteiger partial charge in [-0.1, -0.05) is 39.3 Å². The van der Waals surface area contributed by atoms with Crippen molar-refractivity contribution in [2.75, 3.05) is 24.7 Å². The lowest BCUT2D eigenvalue weighted by molar-refractivity contribution is 0.0972. The molecular formula is C55H72ClN13O8S2. The molecule has 2 atom stereocenters. The van der Waals surface area contributed by atoms with E-state index >= 15 is 0 Å². The summed E-state index contributed by atoms with van der Waals surface area (Å²) in [6, 6.07) is 9.79. The quantitative estimate of drug-likeness (QED) is 0.0810. The summed E-state index contributed by atoms with van der Waals surface area (Å²) in [5.74, 6) is 1.84. The second kappa shape index (κ2) is 22.0. The summed E-state index contributed by atoms with van der Waals surface area (Å²) in [6.07, 6.45) is 24.4. The highest BCUT2D eigenvalue weighted by atomic mass is 35.5. The summed E-state index contributed by atoms with van der Waals surface area (Å²) < 4.78 is 74.0. The van der Waals surface area contributed by atoms with Gasteiger partial charge in [-0.25, -0.2) is 45.6 Å². The fourth-order valence-corrected chi connectivity index (χ4v) is 13.0. The molecule has 5 aliphatic rings. The molecule has 21 nitrogen and oxygen atoms in total. The van der Waals surface area contributed by atoms with Crippen LogP contribution in [0.2, 0.25) is 5.15 Å². The van der Waals surface area contributed by atoms with Gasteiger partial charge in [-0.2, -0.15) is 10.2 Å². The number of halogens is 1.